The van der Waals surface area contributed by atoms with E-state index in [4.69, 9.17) is 0 Å². The number of allylic oxidation sites excluding steroid dienone is 1. The predicted octanol–water partition coefficient (Wildman–Crippen LogP) is 1.29. The minimum absolute atomic E-state index is 0.0314. The van der Waals surface area contributed by atoms with Gasteiger partial charge in [0.25, 0.3) is 0 Å². The first-order valence-corrected chi connectivity index (χ1v) is 3.92. The summed E-state index contributed by atoms with van der Waals surface area (Å²) in [5.74, 6) is -1.10. The Hall–Kier alpha value is -1.12. The average molecular weight is 168 g/mol. The molecule has 1 unspecified atom stereocenters. The average Bonchev–Trinajstić information content (AvgIpc) is 2.28. The molecule has 1 fully saturated rings. The van der Waals surface area contributed by atoms with E-state index < -0.39 is 11.9 Å². The van der Waals surface area contributed by atoms with Gasteiger partial charge in [-0.1, -0.05) is 19.1 Å². The van der Waals surface area contributed by atoms with Gasteiger partial charge in [0.15, 0.2) is 0 Å². The zero-order valence-electron chi connectivity index (χ0n) is 7.29. The Morgan fingerprint density at radius 2 is 2.25 bits per heavy atom. The lowest BCUT2D eigenvalue weighted by Crippen LogP contribution is -2.17. The molecule has 1 heterocycles. The third-order valence-electron chi connectivity index (χ3n) is 2.28. The highest BCUT2D eigenvalue weighted by molar-refractivity contribution is 5.94. The normalized spacial score (nSPS) is 25.3. The molecule has 2 atom stereocenters. The summed E-state index contributed by atoms with van der Waals surface area (Å²) in [6.45, 7) is 7.47. The summed E-state index contributed by atoms with van der Waals surface area (Å²) < 4.78 is 4.43. The summed E-state index contributed by atoms with van der Waals surface area (Å²) in [6, 6.07) is 0. The molecule has 12 heavy (non-hydrogen) atoms. The Kier molecular flexibility index (Phi) is 2.31. The van der Waals surface area contributed by atoms with Crippen LogP contribution in [0.5, 0.6) is 0 Å². The van der Waals surface area contributed by atoms with Crippen molar-refractivity contribution in [3.05, 3.63) is 12.2 Å². The van der Waals surface area contributed by atoms with Crippen LogP contribution in [-0.4, -0.2) is 11.9 Å². The Morgan fingerprint density at radius 1 is 1.67 bits per heavy atom. The number of carbonyl (C=O) groups excluding carboxylic acids is 2. The minimum atomic E-state index is -0.418. The van der Waals surface area contributed by atoms with Crippen LogP contribution in [0, 0.1) is 11.8 Å². The molecule has 0 spiro atoms. The van der Waals surface area contributed by atoms with E-state index in [-0.39, 0.29) is 18.3 Å². The van der Waals surface area contributed by atoms with E-state index in [0.717, 1.165) is 5.57 Å². The zero-order chi connectivity index (χ0) is 9.30. The van der Waals surface area contributed by atoms with Crippen LogP contribution in [-0.2, 0) is 14.3 Å². The molecular formula is C9H12O3. The lowest BCUT2D eigenvalue weighted by atomic mass is 9.88. The van der Waals surface area contributed by atoms with Gasteiger partial charge in [-0.25, -0.2) is 0 Å². The van der Waals surface area contributed by atoms with Crippen molar-refractivity contribution in [2.75, 3.05) is 0 Å². The lowest BCUT2D eigenvalue weighted by Gasteiger charge is -2.13. The second-order valence-electron chi connectivity index (χ2n) is 3.24. The molecule has 0 aromatic heterocycles. The molecule has 0 saturated carbocycles. The number of rotatable bonds is 2. The molecule has 1 saturated heterocycles. The standard InChI is InChI=1S/C9H12O3/c1-5(2)6(3)7-4-8(10)12-9(7)11/h6-7H,1,4H2,2-3H3/t6-,7?/m1/s1. The minimum Gasteiger partial charge on any atom is -0.393 e. The summed E-state index contributed by atoms with van der Waals surface area (Å²) in [6.07, 6.45) is 0.201. The largest absolute Gasteiger partial charge is 0.393 e. The molecule has 66 valence electrons. The van der Waals surface area contributed by atoms with Gasteiger partial charge < -0.3 is 4.74 Å². The van der Waals surface area contributed by atoms with Crippen LogP contribution in [0.15, 0.2) is 12.2 Å². The molecule has 1 aliphatic rings. The van der Waals surface area contributed by atoms with Gasteiger partial charge in [-0.3, -0.25) is 9.59 Å². The van der Waals surface area contributed by atoms with Gasteiger partial charge in [-0.05, 0) is 12.8 Å². The van der Waals surface area contributed by atoms with Crippen LogP contribution in [0.3, 0.4) is 0 Å². The first-order valence-electron chi connectivity index (χ1n) is 3.92. The molecular weight excluding hydrogens is 156 g/mol. The fourth-order valence-electron chi connectivity index (χ4n) is 1.22. The SMILES string of the molecule is C=C(C)[C@@H](C)C1CC(=O)OC1=O. The van der Waals surface area contributed by atoms with Gasteiger partial charge in [0.2, 0.25) is 0 Å². The predicted molar refractivity (Wildman–Crippen MR) is 43.2 cm³/mol. The molecule has 1 rings (SSSR count). The lowest BCUT2D eigenvalue weighted by molar-refractivity contribution is -0.153. The number of carbonyl (C=O) groups is 2. The van der Waals surface area contributed by atoms with Crippen molar-refractivity contribution in [2.24, 2.45) is 11.8 Å². The highest BCUT2D eigenvalue weighted by Gasteiger charge is 2.37. The topological polar surface area (TPSA) is 43.4 Å². The maximum atomic E-state index is 11.0. The Labute approximate surface area is 71.4 Å². The van der Waals surface area contributed by atoms with Crippen molar-refractivity contribution in [3.63, 3.8) is 0 Å². The van der Waals surface area contributed by atoms with Crippen LogP contribution >= 0.6 is 0 Å². The van der Waals surface area contributed by atoms with Gasteiger partial charge >= 0.3 is 11.9 Å². The Morgan fingerprint density at radius 3 is 2.58 bits per heavy atom. The van der Waals surface area contributed by atoms with E-state index in [9.17, 15) is 9.59 Å². The Bertz CT molecular complexity index is 242. The van der Waals surface area contributed by atoms with E-state index in [2.05, 4.69) is 11.3 Å². The monoisotopic (exact) mass is 168 g/mol. The van der Waals surface area contributed by atoms with E-state index in [0.29, 0.717) is 0 Å². The van der Waals surface area contributed by atoms with Crippen molar-refractivity contribution in [3.8, 4) is 0 Å². The molecule has 0 aromatic carbocycles. The van der Waals surface area contributed by atoms with E-state index in [1.807, 2.05) is 13.8 Å². The van der Waals surface area contributed by atoms with Crippen LogP contribution in [0.25, 0.3) is 0 Å². The van der Waals surface area contributed by atoms with Crippen LogP contribution in [0.2, 0.25) is 0 Å². The van der Waals surface area contributed by atoms with E-state index >= 15 is 0 Å². The molecule has 0 radical (unpaired) electrons. The molecule has 0 aliphatic carbocycles. The molecule has 0 bridgehead atoms. The summed E-state index contributed by atoms with van der Waals surface area (Å²) in [4.78, 5) is 21.8. The molecule has 0 N–H and O–H groups in total. The quantitative estimate of drug-likeness (QED) is 0.354. The highest BCUT2D eigenvalue weighted by atomic mass is 16.6. The second-order valence-corrected chi connectivity index (χ2v) is 3.24. The maximum absolute atomic E-state index is 11.0. The smallest absolute Gasteiger partial charge is 0.317 e. The van der Waals surface area contributed by atoms with Gasteiger partial charge in [-0.15, -0.1) is 0 Å². The first-order chi connectivity index (χ1) is 5.52. The van der Waals surface area contributed by atoms with Gasteiger partial charge in [-0.2, -0.15) is 0 Å². The molecule has 3 nitrogen and oxygen atoms in total. The van der Waals surface area contributed by atoms with Crippen molar-refractivity contribution in [1.29, 1.82) is 0 Å². The highest BCUT2D eigenvalue weighted by Crippen LogP contribution is 2.28. The molecule has 3 heteroatoms. The fraction of sp³-hybridized carbons (Fsp3) is 0.556. The summed E-state index contributed by atoms with van der Waals surface area (Å²) in [5, 5.41) is 0. The van der Waals surface area contributed by atoms with E-state index in [1.54, 1.807) is 0 Å². The molecule has 1 aliphatic heterocycles. The molecule has 0 amide bonds. The zero-order valence-corrected chi connectivity index (χ0v) is 7.29. The van der Waals surface area contributed by atoms with Gasteiger partial charge in [0, 0.05) is 0 Å². The number of esters is 2. The van der Waals surface area contributed by atoms with Crippen LogP contribution in [0.1, 0.15) is 20.3 Å². The first kappa shape index (κ1) is 8.97. The number of cyclic esters (lactones) is 2. The van der Waals surface area contributed by atoms with Crippen molar-refractivity contribution in [2.45, 2.75) is 20.3 Å². The summed E-state index contributed by atoms with van der Waals surface area (Å²) in [5.41, 5.74) is 0.909. The second kappa shape index (κ2) is 3.09. The fourth-order valence-corrected chi connectivity index (χ4v) is 1.22. The van der Waals surface area contributed by atoms with Crippen molar-refractivity contribution < 1.29 is 14.3 Å². The number of hydrogen-bond acceptors (Lipinski definition) is 3. The summed E-state index contributed by atoms with van der Waals surface area (Å²) >= 11 is 0. The Balaban J connectivity index is 2.70. The van der Waals surface area contributed by atoms with Crippen LogP contribution in [0.4, 0.5) is 0 Å². The molecule has 0 aromatic rings. The van der Waals surface area contributed by atoms with Gasteiger partial charge in [0.1, 0.15) is 0 Å². The van der Waals surface area contributed by atoms with Crippen LogP contribution < -0.4 is 0 Å². The number of hydrogen-bond donors (Lipinski definition) is 0. The van der Waals surface area contributed by atoms with E-state index in [1.165, 1.54) is 0 Å². The third kappa shape index (κ3) is 1.55. The van der Waals surface area contributed by atoms with Gasteiger partial charge in [0.05, 0.1) is 12.3 Å². The van der Waals surface area contributed by atoms with Crippen molar-refractivity contribution in [1.82, 2.24) is 0 Å². The summed E-state index contributed by atoms with van der Waals surface area (Å²) in [7, 11) is 0. The number of ether oxygens (including phenoxy) is 1. The van der Waals surface area contributed by atoms with Crippen molar-refractivity contribution >= 4 is 11.9 Å². The third-order valence-corrected chi connectivity index (χ3v) is 2.28. The maximum Gasteiger partial charge on any atom is 0.317 e.